The fourth-order valence-electron chi connectivity index (χ4n) is 3.85. The first-order valence-corrected chi connectivity index (χ1v) is 17.7. The molecule has 0 aliphatic heterocycles. The van der Waals surface area contributed by atoms with Crippen molar-refractivity contribution >= 4 is 33.5 Å². The summed E-state index contributed by atoms with van der Waals surface area (Å²) in [5.74, 6) is 1.55. The highest BCUT2D eigenvalue weighted by Crippen LogP contribution is 2.26. The number of aryl methyl sites for hydroxylation is 1. The van der Waals surface area contributed by atoms with Gasteiger partial charge in [-0.2, -0.15) is 0 Å². The van der Waals surface area contributed by atoms with Crippen molar-refractivity contribution in [2.24, 2.45) is 0 Å². The Balaban J connectivity index is 1.38. The first-order valence-electron chi connectivity index (χ1n) is 14.9. The van der Waals surface area contributed by atoms with E-state index < -0.39 is 21.8 Å². The molecule has 0 heterocycles. The zero-order valence-electron chi connectivity index (χ0n) is 26.4. The largest absolute Gasteiger partial charge is 0.494 e. The molecule has 0 fully saturated rings. The maximum absolute atomic E-state index is 12.7. The van der Waals surface area contributed by atoms with Crippen molar-refractivity contribution in [2.45, 2.75) is 19.8 Å². The molecule has 0 amide bonds. The van der Waals surface area contributed by atoms with E-state index >= 15 is 0 Å². The molecule has 0 atom stereocenters. The molecule has 0 bridgehead atoms. The third kappa shape index (κ3) is 14.1. The Morgan fingerprint density at radius 2 is 1.23 bits per heavy atom. The molecule has 0 aliphatic carbocycles. The Morgan fingerprint density at radius 1 is 0.702 bits per heavy atom. The number of esters is 2. The normalized spacial score (nSPS) is 11.0. The predicted molar refractivity (Wildman–Crippen MR) is 182 cm³/mol. The number of benzene rings is 3. The molecular formula is C35H40O10S2. The van der Waals surface area contributed by atoms with E-state index in [0.29, 0.717) is 79.1 Å². The second-order valence-corrected chi connectivity index (χ2v) is 13.1. The van der Waals surface area contributed by atoms with Crippen molar-refractivity contribution in [1.82, 2.24) is 0 Å². The van der Waals surface area contributed by atoms with Crippen molar-refractivity contribution in [3.63, 3.8) is 0 Å². The molecule has 0 N–H and O–H groups in total. The zero-order chi connectivity index (χ0) is 33.9. The van der Waals surface area contributed by atoms with Crippen molar-refractivity contribution in [1.29, 1.82) is 0 Å². The van der Waals surface area contributed by atoms with Gasteiger partial charge in [0, 0.05) is 37.2 Å². The van der Waals surface area contributed by atoms with E-state index in [1.807, 2.05) is 0 Å². The van der Waals surface area contributed by atoms with Gasteiger partial charge in [0.05, 0.1) is 43.3 Å². The van der Waals surface area contributed by atoms with Gasteiger partial charge in [-0.05, 0) is 84.6 Å². The third-order valence-corrected chi connectivity index (χ3v) is 8.25. The second-order valence-electron chi connectivity index (χ2n) is 9.95. The van der Waals surface area contributed by atoms with Crippen LogP contribution < -0.4 is 18.9 Å². The molecule has 252 valence electrons. The summed E-state index contributed by atoms with van der Waals surface area (Å²) in [6.07, 6.45) is 1.32. The van der Waals surface area contributed by atoms with Crippen LogP contribution in [0, 0.1) is 6.92 Å². The van der Waals surface area contributed by atoms with Gasteiger partial charge in [-0.15, -0.1) is 11.8 Å². The number of sulfone groups is 1. The average molecular weight is 685 g/mol. The SMILES string of the molecule is C=CSCCOCCCOc1ccc(C(=O)Oc2ccc(OC(=O)c3ccc(OCCCOCCS(=O)(=O)C=C)cc3)cc2C)cc1. The first-order chi connectivity index (χ1) is 22.7. The summed E-state index contributed by atoms with van der Waals surface area (Å²) in [6, 6.07) is 17.9. The zero-order valence-corrected chi connectivity index (χ0v) is 28.0. The summed E-state index contributed by atoms with van der Waals surface area (Å²) in [6.45, 7) is 11.2. The number of ether oxygens (including phenoxy) is 6. The van der Waals surface area contributed by atoms with Gasteiger partial charge in [-0.3, -0.25) is 0 Å². The molecule has 0 saturated heterocycles. The Labute approximate surface area is 280 Å². The average Bonchev–Trinajstić information content (AvgIpc) is 3.07. The number of hydrogen-bond donors (Lipinski definition) is 0. The van der Waals surface area contributed by atoms with Crippen LogP contribution in [0.3, 0.4) is 0 Å². The highest BCUT2D eigenvalue weighted by atomic mass is 32.2. The molecule has 12 heteroatoms. The number of rotatable bonds is 22. The quantitative estimate of drug-likeness (QED) is 0.0660. The lowest BCUT2D eigenvalue weighted by atomic mass is 10.2. The summed E-state index contributed by atoms with van der Waals surface area (Å²) in [5.41, 5.74) is 1.31. The molecule has 3 rings (SSSR count). The van der Waals surface area contributed by atoms with E-state index in [0.717, 1.165) is 17.6 Å². The molecule has 0 unspecified atom stereocenters. The summed E-state index contributed by atoms with van der Waals surface area (Å²) in [7, 11) is -3.27. The van der Waals surface area contributed by atoms with Crippen molar-refractivity contribution < 1.29 is 46.4 Å². The van der Waals surface area contributed by atoms with E-state index in [1.165, 1.54) is 0 Å². The molecular weight excluding hydrogens is 645 g/mol. The Hall–Kier alpha value is -4.10. The molecule has 0 spiro atoms. The summed E-state index contributed by atoms with van der Waals surface area (Å²) >= 11 is 1.62. The minimum Gasteiger partial charge on any atom is -0.494 e. The Morgan fingerprint density at radius 3 is 1.77 bits per heavy atom. The lowest BCUT2D eigenvalue weighted by molar-refractivity contribution is 0.0718. The van der Waals surface area contributed by atoms with Crippen LogP contribution in [0.15, 0.2) is 90.7 Å². The molecule has 3 aromatic rings. The number of thioether (sulfide) groups is 1. The van der Waals surface area contributed by atoms with Crippen LogP contribution in [0.25, 0.3) is 0 Å². The first kappa shape index (κ1) is 37.4. The van der Waals surface area contributed by atoms with Crippen LogP contribution in [0.4, 0.5) is 0 Å². The minimum absolute atomic E-state index is 0.0952. The van der Waals surface area contributed by atoms with E-state index in [-0.39, 0.29) is 12.4 Å². The van der Waals surface area contributed by atoms with Crippen LogP contribution in [-0.4, -0.2) is 71.5 Å². The van der Waals surface area contributed by atoms with Crippen LogP contribution in [-0.2, 0) is 19.3 Å². The maximum Gasteiger partial charge on any atom is 0.343 e. The standard InChI is InChI=1S/C35H40O10S2/c1-4-46-24-22-40-18-6-20-42-31-14-10-29(11-15-31)35(37)45-33-17-16-32(26-27(33)3)44-34(36)28-8-12-30(13-9-28)43-21-7-19-41-23-25-47(38,39)5-2/h4-5,8-17,26H,1-2,6-7,18-25H2,3H3. The maximum atomic E-state index is 12.7. The van der Waals surface area contributed by atoms with Crippen LogP contribution in [0.2, 0.25) is 0 Å². The molecule has 47 heavy (non-hydrogen) atoms. The summed E-state index contributed by atoms with van der Waals surface area (Å²) in [5, 5.41) is 2.71. The highest BCUT2D eigenvalue weighted by Gasteiger charge is 2.14. The topological polar surface area (TPSA) is 124 Å². The lowest BCUT2D eigenvalue weighted by Gasteiger charge is -2.11. The van der Waals surface area contributed by atoms with Gasteiger partial charge in [0.15, 0.2) is 9.84 Å². The summed E-state index contributed by atoms with van der Waals surface area (Å²) < 4.78 is 55.9. The molecule has 10 nitrogen and oxygen atoms in total. The minimum atomic E-state index is -3.27. The number of carbonyl (C=O) groups excluding carboxylic acids is 2. The van der Waals surface area contributed by atoms with Gasteiger partial charge in [0.25, 0.3) is 0 Å². The van der Waals surface area contributed by atoms with Gasteiger partial charge < -0.3 is 28.4 Å². The highest BCUT2D eigenvalue weighted by molar-refractivity contribution is 8.02. The van der Waals surface area contributed by atoms with Crippen molar-refractivity contribution in [2.75, 3.05) is 51.1 Å². The lowest BCUT2D eigenvalue weighted by Crippen LogP contribution is -2.11. The number of carbonyl (C=O) groups is 2. The monoisotopic (exact) mass is 684 g/mol. The number of hydrogen-bond acceptors (Lipinski definition) is 11. The predicted octanol–water partition coefficient (Wildman–Crippen LogP) is 6.44. The van der Waals surface area contributed by atoms with Crippen LogP contribution >= 0.6 is 11.8 Å². The van der Waals surface area contributed by atoms with Gasteiger partial charge in [-0.1, -0.05) is 13.2 Å². The van der Waals surface area contributed by atoms with Crippen molar-refractivity contribution in [3.05, 3.63) is 107 Å². The smallest absolute Gasteiger partial charge is 0.343 e. The van der Waals surface area contributed by atoms with E-state index in [9.17, 15) is 18.0 Å². The fraction of sp³-hybridized carbons (Fsp3) is 0.314. The molecule has 3 aromatic carbocycles. The van der Waals surface area contributed by atoms with E-state index in [4.69, 9.17) is 28.4 Å². The van der Waals surface area contributed by atoms with Crippen LogP contribution in [0.5, 0.6) is 23.0 Å². The molecule has 0 saturated carbocycles. The second kappa shape index (κ2) is 20.2. The van der Waals surface area contributed by atoms with E-state index in [1.54, 1.807) is 90.8 Å². The van der Waals surface area contributed by atoms with Gasteiger partial charge >= 0.3 is 11.9 Å². The van der Waals surface area contributed by atoms with E-state index in [2.05, 4.69) is 13.2 Å². The summed E-state index contributed by atoms with van der Waals surface area (Å²) in [4.78, 5) is 25.4. The molecule has 0 aromatic heterocycles. The Bertz CT molecular complexity index is 1550. The Kier molecular flexibility index (Phi) is 16.1. The van der Waals surface area contributed by atoms with Gasteiger partial charge in [0.2, 0.25) is 0 Å². The van der Waals surface area contributed by atoms with Gasteiger partial charge in [-0.25, -0.2) is 18.0 Å². The van der Waals surface area contributed by atoms with Crippen LogP contribution in [0.1, 0.15) is 39.1 Å². The fourth-order valence-corrected chi connectivity index (χ4v) is 4.75. The molecule has 0 aliphatic rings. The van der Waals surface area contributed by atoms with Crippen molar-refractivity contribution in [3.8, 4) is 23.0 Å². The molecule has 0 radical (unpaired) electrons. The van der Waals surface area contributed by atoms with Gasteiger partial charge in [0.1, 0.15) is 23.0 Å². The third-order valence-electron chi connectivity index (χ3n) is 6.37.